The highest BCUT2D eigenvalue weighted by Gasteiger charge is 2.33. The fourth-order valence-corrected chi connectivity index (χ4v) is 6.29. The van der Waals surface area contributed by atoms with Crippen LogP contribution < -0.4 is 5.32 Å². The molecule has 0 aromatic heterocycles. The van der Waals surface area contributed by atoms with E-state index in [0.29, 0.717) is 23.5 Å². The standard InChI is InChI=1S/C15H27NO2S/c17-19(18)8-7-12(11-19)10-16-15-6-5-13-3-1-2-4-14(13)9-15/h12-16H,1-11H2. The van der Waals surface area contributed by atoms with Crippen molar-refractivity contribution < 1.29 is 8.42 Å². The van der Waals surface area contributed by atoms with Gasteiger partial charge in [0.2, 0.25) is 0 Å². The highest BCUT2D eigenvalue weighted by Crippen LogP contribution is 2.40. The zero-order chi connectivity index (χ0) is 13.3. The fraction of sp³-hybridized carbons (Fsp3) is 1.00. The Morgan fingerprint density at radius 1 is 0.947 bits per heavy atom. The van der Waals surface area contributed by atoms with E-state index in [0.717, 1.165) is 24.8 Å². The molecule has 2 aliphatic carbocycles. The molecule has 0 aromatic rings. The van der Waals surface area contributed by atoms with Crippen LogP contribution in [-0.2, 0) is 9.84 Å². The van der Waals surface area contributed by atoms with Crippen molar-refractivity contribution in [3.05, 3.63) is 0 Å². The molecule has 0 aromatic carbocycles. The zero-order valence-corrected chi connectivity index (χ0v) is 12.6. The number of hydrogen-bond donors (Lipinski definition) is 1. The van der Waals surface area contributed by atoms with Gasteiger partial charge in [-0.1, -0.05) is 25.7 Å². The van der Waals surface area contributed by atoms with Gasteiger partial charge in [0.05, 0.1) is 11.5 Å². The molecule has 110 valence electrons. The quantitative estimate of drug-likeness (QED) is 0.866. The molecule has 0 bridgehead atoms. The first-order valence-corrected chi connectivity index (χ1v) is 9.88. The van der Waals surface area contributed by atoms with Crippen LogP contribution in [0.25, 0.3) is 0 Å². The summed E-state index contributed by atoms with van der Waals surface area (Å²) in [6.45, 7) is 0.918. The van der Waals surface area contributed by atoms with Crippen LogP contribution in [0.2, 0.25) is 0 Å². The highest BCUT2D eigenvalue weighted by atomic mass is 32.2. The van der Waals surface area contributed by atoms with Crippen molar-refractivity contribution in [2.75, 3.05) is 18.1 Å². The van der Waals surface area contributed by atoms with Gasteiger partial charge in [0.25, 0.3) is 0 Å². The van der Waals surface area contributed by atoms with E-state index >= 15 is 0 Å². The maximum absolute atomic E-state index is 11.5. The minimum Gasteiger partial charge on any atom is -0.314 e. The Bertz CT molecular complexity index is 406. The number of hydrogen-bond acceptors (Lipinski definition) is 3. The van der Waals surface area contributed by atoms with Gasteiger partial charge in [-0.15, -0.1) is 0 Å². The molecule has 2 saturated carbocycles. The van der Waals surface area contributed by atoms with E-state index in [4.69, 9.17) is 0 Å². The van der Waals surface area contributed by atoms with E-state index in [1.54, 1.807) is 0 Å². The molecule has 3 rings (SSSR count). The normalized spacial score (nSPS) is 41.9. The highest BCUT2D eigenvalue weighted by molar-refractivity contribution is 7.91. The summed E-state index contributed by atoms with van der Waals surface area (Å²) in [5.74, 6) is 3.15. The summed E-state index contributed by atoms with van der Waals surface area (Å²) >= 11 is 0. The van der Waals surface area contributed by atoms with Gasteiger partial charge in [-0.3, -0.25) is 0 Å². The summed E-state index contributed by atoms with van der Waals surface area (Å²) in [6, 6.07) is 0.655. The summed E-state index contributed by atoms with van der Waals surface area (Å²) in [7, 11) is -2.71. The van der Waals surface area contributed by atoms with Crippen LogP contribution in [0.1, 0.15) is 51.4 Å². The Morgan fingerprint density at radius 2 is 1.74 bits per heavy atom. The molecule has 0 radical (unpaired) electrons. The van der Waals surface area contributed by atoms with Gasteiger partial charge >= 0.3 is 0 Å². The molecule has 0 amide bonds. The average Bonchev–Trinajstić information content (AvgIpc) is 2.76. The first kappa shape index (κ1) is 13.9. The van der Waals surface area contributed by atoms with Crippen molar-refractivity contribution in [2.45, 2.75) is 57.4 Å². The second kappa shape index (κ2) is 5.72. The van der Waals surface area contributed by atoms with Gasteiger partial charge in [-0.05, 0) is 50.0 Å². The van der Waals surface area contributed by atoms with Crippen molar-refractivity contribution in [1.82, 2.24) is 5.32 Å². The Hall–Kier alpha value is -0.0900. The number of sulfone groups is 1. The van der Waals surface area contributed by atoms with Gasteiger partial charge in [0, 0.05) is 6.04 Å². The lowest BCUT2D eigenvalue weighted by molar-refractivity contribution is 0.142. The molecule has 1 N–H and O–H groups in total. The first-order chi connectivity index (χ1) is 9.12. The number of fused-ring (bicyclic) bond motifs is 1. The molecule has 4 atom stereocenters. The van der Waals surface area contributed by atoms with E-state index < -0.39 is 9.84 Å². The lowest BCUT2D eigenvalue weighted by Crippen LogP contribution is -2.40. The van der Waals surface area contributed by atoms with Crippen LogP contribution in [-0.4, -0.2) is 32.5 Å². The van der Waals surface area contributed by atoms with E-state index in [1.165, 1.54) is 44.9 Å². The SMILES string of the molecule is O=S1(=O)CCC(CNC2CCC3CCCCC3C2)C1. The van der Waals surface area contributed by atoms with Crippen LogP contribution in [0.3, 0.4) is 0 Å². The monoisotopic (exact) mass is 285 g/mol. The van der Waals surface area contributed by atoms with Crippen molar-refractivity contribution in [2.24, 2.45) is 17.8 Å². The minimum atomic E-state index is -2.71. The van der Waals surface area contributed by atoms with E-state index in [9.17, 15) is 8.42 Å². The van der Waals surface area contributed by atoms with Gasteiger partial charge in [0.15, 0.2) is 9.84 Å². The van der Waals surface area contributed by atoms with Crippen LogP contribution in [0, 0.1) is 17.8 Å². The van der Waals surface area contributed by atoms with Gasteiger partial charge in [-0.25, -0.2) is 8.42 Å². The van der Waals surface area contributed by atoms with Crippen molar-refractivity contribution >= 4 is 9.84 Å². The Balaban J connectivity index is 1.44. The van der Waals surface area contributed by atoms with Crippen molar-refractivity contribution in [3.63, 3.8) is 0 Å². The largest absolute Gasteiger partial charge is 0.314 e. The molecule has 4 heteroatoms. The maximum atomic E-state index is 11.5. The molecular formula is C15H27NO2S. The molecule has 1 saturated heterocycles. The third-order valence-electron chi connectivity index (χ3n) is 5.56. The first-order valence-electron chi connectivity index (χ1n) is 8.06. The minimum absolute atomic E-state index is 0.370. The Labute approximate surface area is 117 Å². The number of rotatable bonds is 3. The Kier molecular flexibility index (Phi) is 4.18. The Morgan fingerprint density at radius 3 is 2.47 bits per heavy atom. The topological polar surface area (TPSA) is 46.2 Å². The van der Waals surface area contributed by atoms with Crippen molar-refractivity contribution in [1.29, 1.82) is 0 Å². The van der Waals surface area contributed by atoms with E-state index in [2.05, 4.69) is 5.32 Å². The molecule has 3 nitrogen and oxygen atoms in total. The molecule has 19 heavy (non-hydrogen) atoms. The zero-order valence-electron chi connectivity index (χ0n) is 11.8. The smallest absolute Gasteiger partial charge is 0.150 e. The predicted molar refractivity (Wildman–Crippen MR) is 77.9 cm³/mol. The van der Waals surface area contributed by atoms with Crippen LogP contribution in [0.4, 0.5) is 0 Å². The molecule has 1 aliphatic heterocycles. The molecule has 1 heterocycles. The molecule has 3 fully saturated rings. The summed E-state index contributed by atoms with van der Waals surface area (Å²) in [5, 5.41) is 3.67. The van der Waals surface area contributed by atoms with E-state index in [-0.39, 0.29) is 0 Å². The van der Waals surface area contributed by atoms with Crippen LogP contribution in [0.15, 0.2) is 0 Å². The van der Waals surface area contributed by atoms with Crippen LogP contribution >= 0.6 is 0 Å². The lowest BCUT2D eigenvalue weighted by atomic mass is 9.69. The fourth-order valence-electron chi connectivity index (χ4n) is 4.43. The molecule has 3 aliphatic rings. The molecular weight excluding hydrogens is 258 g/mol. The number of nitrogens with one attached hydrogen (secondary N) is 1. The van der Waals surface area contributed by atoms with Gasteiger partial charge in [0.1, 0.15) is 0 Å². The summed E-state index contributed by atoms with van der Waals surface area (Å²) in [4.78, 5) is 0. The summed E-state index contributed by atoms with van der Waals surface area (Å²) < 4.78 is 22.9. The second-order valence-electron chi connectivity index (χ2n) is 6.99. The predicted octanol–water partition coefficient (Wildman–Crippen LogP) is 2.37. The maximum Gasteiger partial charge on any atom is 0.150 e. The molecule has 0 spiro atoms. The van der Waals surface area contributed by atoms with Gasteiger partial charge in [-0.2, -0.15) is 0 Å². The van der Waals surface area contributed by atoms with E-state index in [1.807, 2.05) is 0 Å². The van der Waals surface area contributed by atoms with Gasteiger partial charge < -0.3 is 5.32 Å². The third kappa shape index (κ3) is 3.52. The van der Waals surface area contributed by atoms with Crippen LogP contribution in [0.5, 0.6) is 0 Å². The summed E-state index contributed by atoms with van der Waals surface area (Å²) in [5.41, 5.74) is 0. The average molecular weight is 285 g/mol. The summed E-state index contributed by atoms with van der Waals surface area (Å²) in [6.07, 6.45) is 10.7. The second-order valence-corrected chi connectivity index (χ2v) is 9.22. The molecule has 4 unspecified atom stereocenters. The van der Waals surface area contributed by atoms with Crippen molar-refractivity contribution in [3.8, 4) is 0 Å². The third-order valence-corrected chi connectivity index (χ3v) is 7.40. The lowest BCUT2D eigenvalue weighted by Gasteiger charge is -2.39.